The monoisotopic (exact) mass is 701 g/mol. The van der Waals surface area contributed by atoms with Gasteiger partial charge in [-0.05, 0) is 155 Å². The van der Waals surface area contributed by atoms with Gasteiger partial charge in [0.25, 0.3) is 0 Å². The molecule has 186 valence electrons. The molecule has 0 amide bonds. The van der Waals surface area contributed by atoms with Gasteiger partial charge >= 0.3 is 0 Å². The lowest BCUT2D eigenvalue weighted by Gasteiger charge is -2.08. The Bertz CT molecular complexity index is 1240. The Morgan fingerprint density at radius 2 is 1.11 bits per heavy atom. The van der Waals surface area contributed by atoms with Crippen LogP contribution in [0.25, 0.3) is 0 Å². The second-order valence-corrected chi connectivity index (χ2v) is 12.5. The summed E-state index contributed by atoms with van der Waals surface area (Å²) in [5.74, 6) is 0. The van der Waals surface area contributed by atoms with E-state index in [0.29, 0.717) is 0 Å². The average Bonchev–Trinajstić information content (AvgIpc) is 3.43. The number of benzene rings is 2. The number of rotatable bonds is 8. The molecule has 0 N–H and O–H groups in total. The molecule has 5 rings (SSSR count). The zero-order chi connectivity index (χ0) is 25.1. The van der Waals surface area contributed by atoms with E-state index in [9.17, 15) is 0 Å². The van der Waals surface area contributed by atoms with Crippen molar-refractivity contribution < 1.29 is 0 Å². The van der Waals surface area contributed by atoms with E-state index in [2.05, 4.69) is 101 Å². The van der Waals surface area contributed by atoms with Crippen LogP contribution in [-0.2, 0) is 25.7 Å². The van der Waals surface area contributed by atoms with Crippen LogP contribution in [0.4, 0.5) is 11.4 Å². The normalized spacial score (nSPS) is 16.7. The maximum atomic E-state index is 5.21. The van der Waals surface area contributed by atoms with Crippen LogP contribution in [0.1, 0.15) is 86.0 Å². The standard InChI is InChI=1S/C31H33I2N3/c1-3-5-7-20-13-24(32)18-26(15-20)34-28-11-9-22-17-23-10-12-29(31(23)36-30(22)28)35-27-16-21(8-6-4-2)14-25(33)19-27/h13-19H,3-12H2,1-2H3. The van der Waals surface area contributed by atoms with E-state index in [-0.39, 0.29) is 0 Å². The van der Waals surface area contributed by atoms with Gasteiger partial charge in [0.2, 0.25) is 0 Å². The van der Waals surface area contributed by atoms with E-state index in [4.69, 9.17) is 15.0 Å². The third-order valence-corrected chi connectivity index (χ3v) is 8.29. The van der Waals surface area contributed by atoms with Crippen LogP contribution in [0.15, 0.2) is 52.4 Å². The lowest BCUT2D eigenvalue weighted by molar-refractivity contribution is 0.795. The molecule has 2 aromatic carbocycles. The highest BCUT2D eigenvalue weighted by Gasteiger charge is 2.27. The SMILES string of the molecule is CCCCc1cc(I)cc(N=C2CCc3cc4c(nc32)C(=Nc2cc(I)cc(CCCC)c2)CC4)c1. The summed E-state index contributed by atoms with van der Waals surface area (Å²) in [5.41, 5.74) is 12.0. The fourth-order valence-corrected chi connectivity index (χ4v) is 6.64. The van der Waals surface area contributed by atoms with Crippen LogP contribution in [0, 0.1) is 7.14 Å². The van der Waals surface area contributed by atoms with Gasteiger partial charge in [-0.1, -0.05) is 32.8 Å². The summed E-state index contributed by atoms with van der Waals surface area (Å²) in [4.78, 5) is 15.5. The number of aromatic nitrogens is 1. The van der Waals surface area contributed by atoms with E-state index < -0.39 is 0 Å². The van der Waals surface area contributed by atoms with Gasteiger partial charge in [0.1, 0.15) is 0 Å². The number of pyridine rings is 1. The number of hydrogen-bond donors (Lipinski definition) is 0. The molecule has 0 fully saturated rings. The highest BCUT2D eigenvalue weighted by Crippen LogP contribution is 2.32. The summed E-state index contributed by atoms with van der Waals surface area (Å²) in [6.45, 7) is 4.49. The number of halogens is 2. The number of nitrogens with zero attached hydrogens (tertiary/aromatic N) is 3. The predicted octanol–water partition coefficient (Wildman–Crippen LogP) is 9.11. The van der Waals surface area contributed by atoms with E-state index in [1.165, 1.54) is 55.1 Å². The lowest BCUT2D eigenvalue weighted by Crippen LogP contribution is -2.05. The quantitative estimate of drug-likeness (QED) is 0.216. The first-order chi connectivity index (χ1) is 17.5. The molecule has 36 heavy (non-hydrogen) atoms. The molecule has 1 heterocycles. The molecular formula is C31H33I2N3. The lowest BCUT2D eigenvalue weighted by atomic mass is 10.1. The molecule has 0 aliphatic heterocycles. The Hall–Kier alpha value is -1.61. The maximum Gasteiger partial charge on any atom is 0.0885 e. The molecule has 0 unspecified atom stereocenters. The van der Waals surface area contributed by atoms with Crippen molar-refractivity contribution in [1.29, 1.82) is 0 Å². The molecule has 0 radical (unpaired) electrons. The van der Waals surface area contributed by atoms with Crippen molar-refractivity contribution >= 4 is 68.0 Å². The van der Waals surface area contributed by atoms with Gasteiger partial charge in [-0.2, -0.15) is 0 Å². The van der Waals surface area contributed by atoms with Crippen molar-refractivity contribution in [2.75, 3.05) is 0 Å². The first-order valence-electron chi connectivity index (χ1n) is 13.3. The molecule has 0 bridgehead atoms. The van der Waals surface area contributed by atoms with E-state index in [1.54, 1.807) is 0 Å². The molecule has 0 atom stereocenters. The van der Waals surface area contributed by atoms with Gasteiger partial charge < -0.3 is 0 Å². The van der Waals surface area contributed by atoms with Gasteiger partial charge in [0, 0.05) is 7.14 Å². The highest BCUT2D eigenvalue weighted by molar-refractivity contribution is 14.1. The third-order valence-electron chi connectivity index (χ3n) is 7.04. The zero-order valence-corrected chi connectivity index (χ0v) is 25.5. The fraction of sp³-hybridized carbons (Fsp3) is 0.387. The van der Waals surface area contributed by atoms with Crippen LogP contribution in [0.2, 0.25) is 0 Å². The van der Waals surface area contributed by atoms with Gasteiger partial charge in [0.05, 0.1) is 34.2 Å². The molecule has 0 spiro atoms. The molecule has 3 nitrogen and oxygen atoms in total. The van der Waals surface area contributed by atoms with Crippen molar-refractivity contribution in [3.05, 3.63) is 83.2 Å². The van der Waals surface area contributed by atoms with Gasteiger partial charge in [-0.3, -0.25) is 9.98 Å². The number of fused-ring (bicyclic) bond motifs is 2. The minimum absolute atomic E-state index is 0.963. The van der Waals surface area contributed by atoms with Crippen molar-refractivity contribution in [3.8, 4) is 0 Å². The third kappa shape index (κ3) is 6.09. The van der Waals surface area contributed by atoms with Crippen molar-refractivity contribution in [3.63, 3.8) is 0 Å². The van der Waals surface area contributed by atoms with Gasteiger partial charge in [-0.25, -0.2) is 4.98 Å². The first-order valence-corrected chi connectivity index (χ1v) is 15.5. The predicted molar refractivity (Wildman–Crippen MR) is 169 cm³/mol. The molecule has 0 saturated carbocycles. The van der Waals surface area contributed by atoms with Crippen LogP contribution in [-0.4, -0.2) is 16.4 Å². The van der Waals surface area contributed by atoms with Crippen LogP contribution in [0.3, 0.4) is 0 Å². The molecular weight excluding hydrogens is 668 g/mol. The number of hydrogen-bond acceptors (Lipinski definition) is 3. The van der Waals surface area contributed by atoms with Gasteiger partial charge in [0.15, 0.2) is 0 Å². The van der Waals surface area contributed by atoms with E-state index >= 15 is 0 Å². The summed E-state index contributed by atoms with van der Waals surface area (Å²) in [6, 6.07) is 15.9. The number of aryl methyl sites for hydroxylation is 4. The Balaban J connectivity index is 1.46. The molecule has 5 heteroatoms. The van der Waals surface area contributed by atoms with Crippen LogP contribution in [0.5, 0.6) is 0 Å². The van der Waals surface area contributed by atoms with Crippen molar-refractivity contribution in [1.82, 2.24) is 4.98 Å². The number of unbranched alkanes of at least 4 members (excludes halogenated alkanes) is 2. The summed E-state index contributed by atoms with van der Waals surface area (Å²) in [7, 11) is 0. The fourth-order valence-electron chi connectivity index (χ4n) is 5.20. The molecule has 1 aromatic heterocycles. The topological polar surface area (TPSA) is 37.6 Å². The largest absolute Gasteiger partial charge is 0.251 e. The molecule has 2 aliphatic rings. The van der Waals surface area contributed by atoms with E-state index in [0.717, 1.165) is 72.7 Å². The van der Waals surface area contributed by atoms with Crippen molar-refractivity contribution in [2.45, 2.75) is 78.1 Å². The minimum atomic E-state index is 0.963. The maximum absolute atomic E-state index is 5.21. The zero-order valence-electron chi connectivity index (χ0n) is 21.2. The molecule has 0 saturated heterocycles. The Morgan fingerprint density at radius 1 is 0.639 bits per heavy atom. The Morgan fingerprint density at radius 3 is 1.56 bits per heavy atom. The smallest absolute Gasteiger partial charge is 0.0885 e. The Kier molecular flexibility index (Phi) is 8.56. The molecule has 3 aromatic rings. The summed E-state index contributed by atoms with van der Waals surface area (Å²) < 4.78 is 2.51. The average molecular weight is 701 g/mol. The second-order valence-electron chi connectivity index (χ2n) is 9.96. The second kappa shape index (κ2) is 11.8. The van der Waals surface area contributed by atoms with E-state index in [1.807, 2.05) is 0 Å². The van der Waals surface area contributed by atoms with Crippen LogP contribution < -0.4 is 0 Å². The Labute approximate surface area is 242 Å². The summed E-state index contributed by atoms with van der Waals surface area (Å²) in [5, 5.41) is 0. The minimum Gasteiger partial charge on any atom is -0.251 e. The summed E-state index contributed by atoms with van der Waals surface area (Å²) in [6.07, 6.45) is 11.1. The molecule has 2 aliphatic carbocycles. The summed E-state index contributed by atoms with van der Waals surface area (Å²) >= 11 is 4.83. The van der Waals surface area contributed by atoms with Gasteiger partial charge in [-0.15, -0.1) is 0 Å². The first kappa shape index (κ1) is 26.0. The number of aliphatic imine (C=N–C) groups is 2. The van der Waals surface area contributed by atoms with Crippen molar-refractivity contribution in [2.24, 2.45) is 9.98 Å². The van der Waals surface area contributed by atoms with Crippen LogP contribution >= 0.6 is 45.2 Å². The highest BCUT2D eigenvalue weighted by atomic mass is 127.